The number of fused-ring (bicyclic) bond motifs is 5. The average molecular weight is 564 g/mol. The van der Waals surface area contributed by atoms with Gasteiger partial charge in [0, 0.05) is 13.0 Å². The second kappa shape index (κ2) is 12.7. The van der Waals surface area contributed by atoms with Crippen LogP contribution in [0.2, 0.25) is 0 Å². The number of hydrogen-bond acceptors (Lipinski definition) is 3. The van der Waals surface area contributed by atoms with E-state index < -0.39 is 0 Å². The first-order chi connectivity index (χ1) is 19.6. The van der Waals surface area contributed by atoms with Gasteiger partial charge in [-0.1, -0.05) is 77.7 Å². The molecule has 0 saturated heterocycles. The smallest absolute Gasteiger partial charge is 0.407 e. The number of methoxy groups -OCH3 is 1. The number of hydrogen-bond donors (Lipinski definition) is 1. The Balaban J connectivity index is 1.14. The van der Waals surface area contributed by atoms with Gasteiger partial charge in [0.05, 0.1) is 7.11 Å². The molecule has 0 heterocycles. The molecule has 3 fully saturated rings. The third-order valence-corrected chi connectivity index (χ3v) is 12.4. The van der Waals surface area contributed by atoms with Crippen LogP contribution >= 0.6 is 0 Å². The fourth-order valence-corrected chi connectivity index (χ4v) is 10.0. The van der Waals surface area contributed by atoms with Crippen LogP contribution in [0.5, 0.6) is 5.75 Å². The summed E-state index contributed by atoms with van der Waals surface area (Å²) in [6.07, 6.45) is 17.3. The number of rotatable bonds is 10. The highest BCUT2D eigenvalue weighted by atomic mass is 16.6. The number of ether oxygens (including phenoxy) is 2. The molecule has 4 aliphatic carbocycles. The van der Waals surface area contributed by atoms with Crippen molar-refractivity contribution in [2.45, 2.75) is 118 Å². The maximum atomic E-state index is 12.6. The molecule has 1 amide bonds. The van der Waals surface area contributed by atoms with Gasteiger partial charge in [-0.3, -0.25) is 0 Å². The first-order valence-electron chi connectivity index (χ1n) is 16.9. The Morgan fingerprint density at radius 2 is 1.78 bits per heavy atom. The molecular weight excluding hydrogens is 506 g/mol. The second-order valence-electron chi connectivity index (χ2n) is 15.1. The molecule has 8 unspecified atom stereocenters. The van der Waals surface area contributed by atoms with Crippen LogP contribution in [0.3, 0.4) is 0 Å². The Morgan fingerprint density at radius 3 is 2.51 bits per heavy atom. The summed E-state index contributed by atoms with van der Waals surface area (Å²) in [5, 5.41) is 2.98. The van der Waals surface area contributed by atoms with Crippen molar-refractivity contribution < 1.29 is 14.3 Å². The maximum absolute atomic E-state index is 12.6. The Hall–Kier alpha value is -1.97. The minimum atomic E-state index is -0.269. The summed E-state index contributed by atoms with van der Waals surface area (Å²) in [6, 6.07) is 8.01. The van der Waals surface area contributed by atoms with Gasteiger partial charge in [0.1, 0.15) is 11.9 Å². The van der Waals surface area contributed by atoms with Crippen molar-refractivity contribution in [3.63, 3.8) is 0 Å². The van der Waals surface area contributed by atoms with Gasteiger partial charge in [-0.05, 0) is 115 Å². The van der Waals surface area contributed by atoms with Crippen molar-refractivity contribution in [1.29, 1.82) is 0 Å². The van der Waals surface area contributed by atoms with Crippen LogP contribution in [0.4, 0.5) is 4.79 Å². The predicted octanol–water partition coefficient (Wildman–Crippen LogP) is 9.37. The van der Waals surface area contributed by atoms with E-state index in [4.69, 9.17) is 9.47 Å². The number of benzene rings is 1. The van der Waals surface area contributed by atoms with E-state index in [2.05, 4.69) is 46.0 Å². The lowest BCUT2D eigenvalue weighted by Crippen LogP contribution is -2.51. The van der Waals surface area contributed by atoms with Crippen LogP contribution < -0.4 is 10.1 Å². The molecule has 41 heavy (non-hydrogen) atoms. The molecule has 1 aromatic carbocycles. The summed E-state index contributed by atoms with van der Waals surface area (Å²) < 4.78 is 11.2. The fraction of sp³-hybridized carbons (Fsp3) is 0.757. The highest BCUT2D eigenvalue weighted by Gasteiger charge is 2.59. The minimum absolute atomic E-state index is 0.00303. The average Bonchev–Trinajstić information content (AvgIpc) is 3.30. The topological polar surface area (TPSA) is 47.6 Å². The normalized spacial score (nSPS) is 35.1. The molecule has 5 rings (SSSR count). The van der Waals surface area contributed by atoms with Gasteiger partial charge in [0.25, 0.3) is 0 Å². The molecule has 3 saturated carbocycles. The first kappa shape index (κ1) is 30.5. The molecule has 0 spiro atoms. The standard InChI is InChI=1S/C37H57NO3/c1-25(2)8-7-9-26(3)32-16-17-33-31-15-12-28-24-30(18-21-36(28,4)34(31)19-22-37(32,33)5)41-35(39)38-23-20-27-10-13-29(40-6)14-11-27/h10-14,25-26,30-34H,7-9,15-24H2,1-6H3,(H,38,39). The zero-order chi connectivity index (χ0) is 29.2. The van der Waals surface area contributed by atoms with Gasteiger partial charge in [0.2, 0.25) is 0 Å². The third-order valence-electron chi connectivity index (χ3n) is 12.4. The summed E-state index contributed by atoms with van der Waals surface area (Å²) in [4.78, 5) is 12.6. The number of alkyl carbamates (subject to hydrolysis) is 1. The van der Waals surface area contributed by atoms with E-state index in [0.717, 1.165) is 66.9 Å². The summed E-state index contributed by atoms with van der Waals surface area (Å²) in [5.74, 6) is 5.98. The monoisotopic (exact) mass is 563 g/mol. The molecule has 0 aromatic heterocycles. The lowest BCUT2D eigenvalue weighted by molar-refractivity contribution is -0.0581. The highest BCUT2D eigenvalue weighted by molar-refractivity contribution is 5.67. The van der Waals surface area contributed by atoms with Gasteiger partial charge < -0.3 is 14.8 Å². The van der Waals surface area contributed by atoms with Gasteiger partial charge in [0.15, 0.2) is 0 Å². The fourth-order valence-electron chi connectivity index (χ4n) is 10.0. The Bertz CT molecular complexity index is 1060. The van der Waals surface area contributed by atoms with Crippen LogP contribution in [0.25, 0.3) is 0 Å². The summed E-state index contributed by atoms with van der Waals surface area (Å²) in [5.41, 5.74) is 3.58. The summed E-state index contributed by atoms with van der Waals surface area (Å²) in [6.45, 7) is 13.1. The van der Waals surface area contributed by atoms with E-state index in [9.17, 15) is 4.79 Å². The number of carbonyl (C=O) groups is 1. The van der Waals surface area contributed by atoms with Gasteiger partial charge >= 0.3 is 6.09 Å². The largest absolute Gasteiger partial charge is 0.497 e. The summed E-state index contributed by atoms with van der Waals surface area (Å²) in [7, 11) is 1.67. The minimum Gasteiger partial charge on any atom is -0.497 e. The Labute approximate surface area is 250 Å². The quantitative estimate of drug-likeness (QED) is 0.289. The van der Waals surface area contributed by atoms with Crippen molar-refractivity contribution in [3.8, 4) is 5.75 Å². The first-order valence-corrected chi connectivity index (χ1v) is 16.9. The van der Waals surface area contributed by atoms with E-state index in [1.165, 1.54) is 56.9 Å². The lowest BCUT2D eigenvalue weighted by atomic mass is 9.47. The van der Waals surface area contributed by atoms with Crippen LogP contribution in [0, 0.1) is 46.3 Å². The SMILES string of the molecule is COc1ccc(CCNC(=O)OC2CCC3(C)C(=CCC4C3CCC3(C)C(C(C)CCCC(C)C)CCC43)C2)cc1. The molecule has 0 bridgehead atoms. The molecule has 228 valence electrons. The van der Waals surface area contributed by atoms with Crippen LogP contribution in [0.15, 0.2) is 35.9 Å². The molecule has 0 radical (unpaired) electrons. The predicted molar refractivity (Wildman–Crippen MR) is 168 cm³/mol. The van der Waals surface area contributed by atoms with Crippen molar-refractivity contribution in [1.82, 2.24) is 5.32 Å². The van der Waals surface area contributed by atoms with E-state index in [1.54, 1.807) is 12.7 Å². The van der Waals surface area contributed by atoms with Crippen LogP contribution in [0.1, 0.15) is 111 Å². The van der Waals surface area contributed by atoms with Crippen molar-refractivity contribution in [2.24, 2.45) is 46.3 Å². The van der Waals surface area contributed by atoms with Crippen molar-refractivity contribution in [2.75, 3.05) is 13.7 Å². The lowest BCUT2D eigenvalue weighted by Gasteiger charge is -2.58. The molecule has 0 aliphatic heterocycles. The molecular formula is C37H57NO3. The second-order valence-corrected chi connectivity index (χ2v) is 15.1. The zero-order valence-electron chi connectivity index (χ0n) is 26.8. The number of carbonyl (C=O) groups excluding carboxylic acids is 1. The van der Waals surface area contributed by atoms with E-state index in [1.807, 2.05) is 24.3 Å². The molecule has 1 aromatic rings. The van der Waals surface area contributed by atoms with E-state index in [0.29, 0.717) is 12.0 Å². The maximum Gasteiger partial charge on any atom is 0.407 e. The molecule has 4 heteroatoms. The van der Waals surface area contributed by atoms with Crippen LogP contribution in [-0.4, -0.2) is 25.9 Å². The molecule has 1 N–H and O–H groups in total. The van der Waals surface area contributed by atoms with Crippen molar-refractivity contribution >= 4 is 6.09 Å². The Morgan fingerprint density at radius 1 is 1.00 bits per heavy atom. The Kier molecular flexibility index (Phi) is 9.46. The van der Waals surface area contributed by atoms with Crippen LogP contribution in [-0.2, 0) is 11.2 Å². The number of amides is 1. The number of nitrogens with one attached hydrogen (secondary N) is 1. The molecule has 4 nitrogen and oxygen atoms in total. The van der Waals surface area contributed by atoms with Gasteiger partial charge in [-0.25, -0.2) is 4.79 Å². The van der Waals surface area contributed by atoms with Gasteiger partial charge in [-0.15, -0.1) is 0 Å². The summed E-state index contributed by atoms with van der Waals surface area (Å²) >= 11 is 0. The highest BCUT2D eigenvalue weighted by Crippen LogP contribution is 2.67. The third kappa shape index (κ3) is 6.37. The number of allylic oxidation sites excluding steroid dienone is 1. The van der Waals surface area contributed by atoms with Crippen molar-refractivity contribution in [3.05, 3.63) is 41.5 Å². The van der Waals surface area contributed by atoms with Gasteiger partial charge in [-0.2, -0.15) is 0 Å². The zero-order valence-corrected chi connectivity index (χ0v) is 26.8. The van der Waals surface area contributed by atoms with E-state index >= 15 is 0 Å². The van der Waals surface area contributed by atoms with E-state index in [-0.39, 0.29) is 17.6 Å². The molecule has 4 aliphatic rings. The molecule has 8 atom stereocenters.